The van der Waals surface area contributed by atoms with E-state index in [0.29, 0.717) is 45.3 Å². The molecule has 120 valence electrons. The quantitative estimate of drug-likeness (QED) is 0.392. The summed E-state index contributed by atoms with van der Waals surface area (Å²) < 4.78 is 15.3. The number of carbonyl (C=O) groups excluding carboxylic acids is 1. The molecule has 0 amide bonds. The molecule has 0 spiro atoms. The molecule has 0 aliphatic carbocycles. The van der Waals surface area contributed by atoms with Gasteiger partial charge in [-0.15, -0.1) is 0 Å². The Morgan fingerprint density at radius 2 is 1.90 bits per heavy atom. The Morgan fingerprint density at radius 1 is 1.10 bits per heavy atom. The standard InChI is InChI=1S/C15H31NO4/c1-3-5-14(8-9-16)6-7-15(17)20-11-4-10-19-13-12-18-2/h14H,3-13,16H2,1-2H3. The van der Waals surface area contributed by atoms with Gasteiger partial charge in [0.25, 0.3) is 0 Å². The highest BCUT2D eigenvalue weighted by Gasteiger charge is 2.10. The van der Waals surface area contributed by atoms with Gasteiger partial charge < -0.3 is 19.9 Å². The van der Waals surface area contributed by atoms with Crippen molar-refractivity contribution in [3.8, 4) is 0 Å². The molecule has 0 aromatic rings. The van der Waals surface area contributed by atoms with Gasteiger partial charge in [-0.25, -0.2) is 0 Å². The maximum absolute atomic E-state index is 11.6. The molecule has 20 heavy (non-hydrogen) atoms. The fourth-order valence-electron chi connectivity index (χ4n) is 2.06. The van der Waals surface area contributed by atoms with E-state index in [2.05, 4.69) is 6.92 Å². The second-order valence-corrected chi connectivity index (χ2v) is 4.95. The second-order valence-electron chi connectivity index (χ2n) is 4.95. The highest BCUT2D eigenvalue weighted by molar-refractivity contribution is 5.69. The fraction of sp³-hybridized carbons (Fsp3) is 0.933. The lowest BCUT2D eigenvalue weighted by Crippen LogP contribution is -2.13. The summed E-state index contributed by atoms with van der Waals surface area (Å²) in [5, 5.41) is 0. The molecule has 1 unspecified atom stereocenters. The lowest BCUT2D eigenvalue weighted by atomic mass is 9.95. The summed E-state index contributed by atoms with van der Waals surface area (Å²) in [6.07, 6.45) is 5.38. The molecular weight excluding hydrogens is 258 g/mol. The van der Waals surface area contributed by atoms with Crippen LogP contribution in [0.15, 0.2) is 0 Å². The summed E-state index contributed by atoms with van der Waals surface area (Å²) in [6, 6.07) is 0. The van der Waals surface area contributed by atoms with Crippen LogP contribution < -0.4 is 5.73 Å². The van der Waals surface area contributed by atoms with Crippen molar-refractivity contribution in [2.75, 3.05) is 40.1 Å². The molecule has 0 aliphatic heterocycles. The molecule has 5 heteroatoms. The Morgan fingerprint density at radius 3 is 2.55 bits per heavy atom. The van der Waals surface area contributed by atoms with Crippen LogP contribution in [0.25, 0.3) is 0 Å². The van der Waals surface area contributed by atoms with Crippen molar-refractivity contribution in [1.82, 2.24) is 0 Å². The molecule has 0 aliphatic rings. The molecule has 2 N–H and O–H groups in total. The van der Waals surface area contributed by atoms with Gasteiger partial charge in [-0.1, -0.05) is 19.8 Å². The molecule has 1 atom stereocenters. The van der Waals surface area contributed by atoms with Crippen molar-refractivity contribution in [2.45, 2.75) is 45.4 Å². The molecule has 5 nitrogen and oxygen atoms in total. The van der Waals surface area contributed by atoms with E-state index in [1.807, 2.05) is 0 Å². The summed E-state index contributed by atoms with van der Waals surface area (Å²) in [5.74, 6) is 0.440. The largest absolute Gasteiger partial charge is 0.466 e. The summed E-state index contributed by atoms with van der Waals surface area (Å²) in [4.78, 5) is 11.6. The van der Waals surface area contributed by atoms with E-state index in [9.17, 15) is 4.79 Å². The third-order valence-corrected chi connectivity index (χ3v) is 3.16. The third-order valence-electron chi connectivity index (χ3n) is 3.16. The van der Waals surface area contributed by atoms with E-state index in [4.69, 9.17) is 19.9 Å². The zero-order valence-corrected chi connectivity index (χ0v) is 13.1. The SMILES string of the molecule is CCCC(CCN)CCC(=O)OCCCOCCOC. The second kappa shape index (κ2) is 14.8. The average molecular weight is 289 g/mol. The molecule has 0 saturated heterocycles. The summed E-state index contributed by atoms with van der Waals surface area (Å²) in [6.45, 7) is 5.06. The smallest absolute Gasteiger partial charge is 0.305 e. The first-order valence-corrected chi connectivity index (χ1v) is 7.66. The number of nitrogens with two attached hydrogens (primary N) is 1. The van der Waals surface area contributed by atoms with Crippen LogP contribution in [0.3, 0.4) is 0 Å². The lowest BCUT2D eigenvalue weighted by Gasteiger charge is -2.14. The van der Waals surface area contributed by atoms with Gasteiger partial charge in [0.05, 0.1) is 19.8 Å². The third kappa shape index (κ3) is 12.4. The molecule has 0 saturated carbocycles. The summed E-state index contributed by atoms with van der Waals surface area (Å²) in [5.41, 5.74) is 5.58. The van der Waals surface area contributed by atoms with Crippen LogP contribution in [0.4, 0.5) is 0 Å². The Balaban J connectivity index is 3.47. The Bertz CT molecular complexity index is 218. The average Bonchev–Trinajstić information content (AvgIpc) is 2.44. The van der Waals surface area contributed by atoms with E-state index in [1.165, 1.54) is 0 Å². The molecule has 0 bridgehead atoms. The maximum Gasteiger partial charge on any atom is 0.305 e. The molecule has 0 rings (SSSR count). The van der Waals surface area contributed by atoms with E-state index in [0.717, 1.165) is 32.1 Å². The normalized spacial score (nSPS) is 12.3. The molecule has 0 aromatic heterocycles. The van der Waals surface area contributed by atoms with E-state index in [-0.39, 0.29) is 5.97 Å². The minimum absolute atomic E-state index is 0.111. The highest BCUT2D eigenvalue weighted by atomic mass is 16.5. The van der Waals surface area contributed by atoms with Crippen LogP contribution in [0, 0.1) is 5.92 Å². The van der Waals surface area contributed by atoms with Crippen LogP contribution in [-0.4, -0.2) is 46.1 Å². The topological polar surface area (TPSA) is 70.8 Å². The number of hydrogen-bond acceptors (Lipinski definition) is 5. The number of methoxy groups -OCH3 is 1. The molecule has 0 aromatic carbocycles. The van der Waals surface area contributed by atoms with Gasteiger partial charge in [-0.2, -0.15) is 0 Å². The van der Waals surface area contributed by atoms with Crippen LogP contribution in [0.2, 0.25) is 0 Å². The van der Waals surface area contributed by atoms with Crippen molar-refractivity contribution >= 4 is 5.97 Å². The predicted octanol–water partition coefficient (Wildman–Crippen LogP) is 2.13. The van der Waals surface area contributed by atoms with E-state index >= 15 is 0 Å². The van der Waals surface area contributed by atoms with Crippen molar-refractivity contribution in [3.05, 3.63) is 0 Å². The minimum Gasteiger partial charge on any atom is -0.466 e. The number of hydrogen-bond donors (Lipinski definition) is 1. The molecule has 0 heterocycles. The first kappa shape index (κ1) is 19.4. The van der Waals surface area contributed by atoms with E-state index in [1.54, 1.807) is 7.11 Å². The Labute approximate surface area is 123 Å². The lowest BCUT2D eigenvalue weighted by molar-refractivity contribution is -0.144. The van der Waals surface area contributed by atoms with E-state index < -0.39 is 0 Å². The Kier molecular flexibility index (Phi) is 14.3. The van der Waals surface area contributed by atoms with Crippen molar-refractivity contribution < 1.29 is 19.0 Å². The van der Waals surface area contributed by atoms with Gasteiger partial charge in [-0.3, -0.25) is 4.79 Å². The van der Waals surface area contributed by atoms with Gasteiger partial charge >= 0.3 is 5.97 Å². The van der Waals surface area contributed by atoms with Crippen LogP contribution in [0.1, 0.15) is 45.4 Å². The fourth-order valence-corrected chi connectivity index (χ4v) is 2.06. The molecule has 0 radical (unpaired) electrons. The minimum atomic E-state index is -0.111. The van der Waals surface area contributed by atoms with Crippen LogP contribution >= 0.6 is 0 Å². The Hall–Kier alpha value is -0.650. The zero-order chi connectivity index (χ0) is 15.1. The molecular formula is C15H31NO4. The number of rotatable bonds is 14. The monoisotopic (exact) mass is 289 g/mol. The number of ether oxygens (including phenoxy) is 3. The van der Waals surface area contributed by atoms with Crippen molar-refractivity contribution in [1.29, 1.82) is 0 Å². The van der Waals surface area contributed by atoms with Crippen LogP contribution in [0.5, 0.6) is 0 Å². The van der Waals surface area contributed by atoms with Gasteiger partial charge in [0.1, 0.15) is 0 Å². The first-order valence-electron chi connectivity index (χ1n) is 7.66. The summed E-state index contributed by atoms with van der Waals surface area (Å²) in [7, 11) is 1.64. The molecule has 0 fully saturated rings. The first-order chi connectivity index (χ1) is 9.74. The number of carbonyl (C=O) groups is 1. The predicted molar refractivity (Wildman–Crippen MR) is 79.6 cm³/mol. The van der Waals surface area contributed by atoms with Crippen molar-refractivity contribution in [3.63, 3.8) is 0 Å². The van der Waals surface area contributed by atoms with Gasteiger partial charge in [0, 0.05) is 26.6 Å². The number of esters is 1. The highest BCUT2D eigenvalue weighted by Crippen LogP contribution is 2.17. The van der Waals surface area contributed by atoms with Gasteiger partial charge in [-0.05, 0) is 25.3 Å². The maximum atomic E-state index is 11.6. The van der Waals surface area contributed by atoms with Gasteiger partial charge in [0.15, 0.2) is 0 Å². The van der Waals surface area contributed by atoms with Gasteiger partial charge in [0.2, 0.25) is 0 Å². The van der Waals surface area contributed by atoms with Crippen molar-refractivity contribution in [2.24, 2.45) is 11.7 Å². The van der Waals surface area contributed by atoms with Crippen LogP contribution in [-0.2, 0) is 19.0 Å². The summed E-state index contributed by atoms with van der Waals surface area (Å²) >= 11 is 0. The zero-order valence-electron chi connectivity index (χ0n) is 13.1.